The zero-order valence-electron chi connectivity index (χ0n) is 12.5. The maximum Gasteiger partial charge on any atom is 0.284 e. The van der Waals surface area contributed by atoms with E-state index in [1.165, 1.54) is 23.3 Å². The molecule has 1 aliphatic carbocycles. The molecule has 1 aromatic rings. The molecule has 2 heterocycles. The average molecular weight is 309 g/mol. The van der Waals surface area contributed by atoms with Gasteiger partial charge in [-0.3, -0.25) is 9.63 Å². The number of hydrogen-bond acceptors (Lipinski definition) is 4. The number of hydroxylamine groups is 1. The minimum absolute atomic E-state index is 0.110. The molecular formula is C16H23NO3S. The number of hydrogen-bond donors (Lipinski definition) is 1. The molecule has 0 aromatic carbocycles. The van der Waals surface area contributed by atoms with E-state index in [-0.39, 0.29) is 5.91 Å². The maximum atomic E-state index is 12.1. The zero-order chi connectivity index (χ0) is 14.7. The summed E-state index contributed by atoms with van der Waals surface area (Å²) in [4.78, 5) is 19.6. The highest BCUT2D eigenvalue weighted by atomic mass is 32.1. The highest BCUT2D eigenvalue weighted by Crippen LogP contribution is 2.33. The monoisotopic (exact) mass is 309 g/mol. The summed E-state index contributed by atoms with van der Waals surface area (Å²) in [7, 11) is 0. The molecule has 1 aliphatic heterocycles. The van der Waals surface area contributed by atoms with Crippen molar-refractivity contribution in [3.63, 3.8) is 0 Å². The van der Waals surface area contributed by atoms with Gasteiger partial charge < -0.3 is 4.74 Å². The predicted molar refractivity (Wildman–Crippen MR) is 82.5 cm³/mol. The van der Waals surface area contributed by atoms with Gasteiger partial charge in [0.15, 0.2) is 0 Å². The van der Waals surface area contributed by atoms with Gasteiger partial charge in [0, 0.05) is 17.4 Å². The van der Waals surface area contributed by atoms with Crippen LogP contribution in [0.25, 0.3) is 0 Å². The Morgan fingerprint density at radius 1 is 1.48 bits per heavy atom. The summed E-state index contributed by atoms with van der Waals surface area (Å²) in [6.07, 6.45) is 5.73. The van der Waals surface area contributed by atoms with Gasteiger partial charge in [-0.25, -0.2) is 5.48 Å². The van der Waals surface area contributed by atoms with Crippen LogP contribution in [0.15, 0.2) is 6.07 Å². The number of ether oxygens (including phenoxy) is 1. The Kier molecular flexibility index (Phi) is 4.93. The Labute approximate surface area is 129 Å². The van der Waals surface area contributed by atoms with Crippen LogP contribution < -0.4 is 5.48 Å². The van der Waals surface area contributed by atoms with Gasteiger partial charge in [0.1, 0.15) is 0 Å². The molecule has 0 bridgehead atoms. The summed E-state index contributed by atoms with van der Waals surface area (Å²) in [6, 6.07) is 2.05. The van der Waals surface area contributed by atoms with Gasteiger partial charge in [-0.15, -0.1) is 11.3 Å². The Hall–Kier alpha value is -0.910. The van der Waals surface area contributed by atoms with Crippen LogP contribution in [0.4, 0.5) is 0 Å². The Morgan fingerprint density at radius 2 is 2.38 bits per heavy atom. The normalized spacial score (nSPS) is 24.8. The third-order valence-corrected chi connectivity index (χ3v) is 5.73. The van der Waals surface area contributed by atoms with Crippen molar-refractivity contribution in [3.05, 3.63) is 21.4 Å². The Morgan fingerprint density at radius 3 is 3.14 bits per heavy atom. The van der Waals surface area contributed by atoms with Gasteiger partial charge in [0.2, 0.25) is 0 Å². The van der Waals surface area contributed by atoms with Crippen molar-refractivity contribution in [2.45, 2.75) is 39.0 Å². The topological polar surface area (TPSA) is 47.6 Å². The third kappa shape index (κ3) is 3.65. The summed E-state index contributed by atoms with van der Waals surface area (Å²) in [5.74, 6) is 1.08. The Balaban J connectivity index is 1.52. The van der Waals surface area contributed by atoms with Crippen molar-refractivity contribution in [3.8, 4) is 0 Å². The first-order chi connectivity index (χ1) is 10.3. The van der Waals surface area contributed by atoms with E-state index in [1.54, 1.807) is 11.3 Å². The minimum atomic E-state index is -0.110. The predicted octanol–water partition coefficient (Wildman–Crippen LogP) is 2.96. The van der Waals surface area contributed by atoms with Crippen LogP contribution in [0.3, 0.4) is 0 Å². The smallest absolute Gasteiger partial charge is 0.284 e. The molecule has 0 radical (unpaired) electrons. The zero-order valence-corrected chi connectivity index (χ0v) is 13.3. The number of carbonyl (C=O) groups is 1. The number of nitrogens with one attached hydrogen (secondary N) is 1. The molecule has 0 spiro atoms. The van der Waals surface area contributed by atoms with Crippen LogP contribution in [-0.2, 0) is 22.4 Å². The molecule has 1 amide bonds. The molecule has 1 fully saturated rings. The van der Waals surface area contributed by atoms with Crippen molar-refractivity contribution in [2.24, 2.45) is 11.8 Å². The van der Waals surface area contributed by atoms with E-state index in [1.807, 2.05) is 0 Å². The van der Waals surface area contributed by atoms with E-state index in [9.17, 15) is 4.79 Å². The molecule has 1 N–H and O–H groups in total. The standard InChI is InChI=1S/C16H23NO3S/c1-2-11-3-4-14-13(7-11)8-15(21-14)16(18)17-20-10-12-5-6-19-9-12/h8,11-12H,2-7,9-10H2,1H3,(H,17,18)/t11-,12-/m0/s1. The van der Waals surface area contributed by atoms with Crippen LogP contribution in [0.5, 0.6) is 0 Å². The number of aryl methyl sites for hydroxylation is 1. The molecule has 116 valence electrons. The van der Waals surface area contributed by atoms with E-state index in [0.717, 1.165) is 43.3 Å². The van der Waals surface area contributed by atoms with Gasteiger partial charge in [-0.05, 0) is 43.2 Å². The molecule has 0 unspecified atom stereocenters. The fraction of sp³-hybridized carbons (Fsp3) is 0.688. The van der Waals surface area contributed by atoms with E-state index in [2.05, 4.69) is 18.5 Å². The summed E-state index contributed by atoms with van der Waals surface area (Å²) < 4.78 is 5.28. The fourth-order valence-corrected chi connectivity index (χ4v) is 4.14. The average Bonchev–Trinajstić information content (AvgIpc) is 3.15. The van der Waals surface area contributed by atoms with Gasteiger partial charge >= 0.3 is 0 Å². The van der Waals surface area contributed by atoms with E-state index >= 15 is 0 Å². The van der Waals surface area contributed by atoms with Crippen LogP contribution >= 0.6 is 11.3 Å². The second kappa shape index (κ2) is 6.90. The summed E-state index contributed by atoms with van der Waals surface area (Å²) >= 11 is 1.62. The number of rotatable bonds is 5. The van der Waals surface area contributed by atoms with Crippen molar-refractivity contribution < 1.29 is 14.4 Å². The SMILES string of the molecule is CC[C@H]1CCc2sc(C(=O)NOC[C@H]3CCOC3)cc2C1. The lowest BCUT2D eigenvalue weighted by atomic mass is 9.87. The molecule has 5 heteroatoms. The molecular weight excluding hydrogens is 286 g/mol. The maximum absolute atomic E-state index is 12.1. The first kappa shape index (κ1) is 15.0. The van der Waals surface area contributed by atoms with Crippen LogP contribution in [0, 0.1) is 11.8 Å². The molecule has 3 rings (SSSR count). The van der Waals surface area contributed by atoms with Gasteiger partial charge in [-0.2, -0.15) is 0 Å². The third-order valence-electron chi connectivity index (χ3n) is 4.49. The molecule has 2 aliphatic rings. The first-order valence-corrected chi connectivity index (χ1v) is 8.69. The second-order valence-corrected chi connectivity index (χ2v) is 7.18. The number of carbonyl (C=O) groups excluding carboxylic acids is 1. The van der Waals surface area contributed by atoms with E-state index in [4.69, 9.17) is 9.57 Å². The summed E-state index contributed by atoms with van der Waals surface area (Å²) in [6.45, 7) is 4.32. The fourth-order valence-electron chi connectivity index (χ4n) is 3.05. The van der Waals surface area contributed by atoms with Crippen molar-refractivity contribution in [2.75, 3.05) is 19.8 Å². The highest BCUT2D eigenvalue weighted by Gasteiger charge is 2.22. The first-order valence-electron chi connectivity index (χ1n) is 7.87. The number of thiophene rings is 1. The van der Waals surface area contributed by atoms with Crippen molar-refractivity contribution in [1.29, 1.82) is 0 Å². The van der Waals surface area contributed by atoms with Crippen LogP contribution in [-0.4, -0.2) is 25.7 Å². The van der Waals surface area contributed by atoms with E-state index in [0.29, 0.717) is 12.5 Å². The Bertz CT molecular complexity index is 494. The summed E-state index contributed by atoms with van der Waals surface area (Å²) in [5.41, 5.74) is 3.94. The van der Waals surface area contributed by atoms with Crippen molar-refractivity contribution >= 4 is 17.2 Å². The lowest BCUT2D eigenvalue weighted by Gasteiger charge is -2.19. The van der Waals surface area contributed by atoms with Gasteiger partial charge in [-0.1, -0.05) is 13.3 Å². The molecule has 1 saturated heterocycles. The lowest BCUT2D eigenvalue weighted by molar-refractivity contribution is 0.0148. The van der Waals surface area contributed by atoms with Gasteiger partial charge in [0.25, 0.3) is 5.91 Å². The minimum Gasteiger partial charge on any atom is -0.381 e. The van der Waals surface area contributed by atoms with Crippen LogP contribution in [0.2, 0.25) is 0 Å². The van der Waals surface area contributed by atoms with Crippen LogP contribution in [0.1, 0.15) is 46.3 Å². The van der Waals surface area contributed by atoms with Gasteiger partial charge in [0.05, 0.1) is 18.1 Å². The molecule has 0 saturated carbocycles. The molecule has 2 atom stereocenters. The highest BCUT2D eigenvalue weighted by molar-refractivity contribution is 7.14. The largest absolute Gasteiger partial charge is 0.381 e. The summed E-state index contributed by atoms with van der Waals surface area (Å²) in [5, 5.41) is 0. The number of amides is 1. The van der Waals surface area contributed by atoms with E-state index < -0.39 is 0 Å². The quantitative estimate of drug-likeness (QED) is 0.851. The molecule has 4 nitrogen and oxygen atoms in total. The molecule has 1 aromatic heterocycles. The second-order valence-electron chi connectivity index (χ2n) is 6.05. The lowest BCUT2D eigenvalue weighted by Crippen LogP contribution is -2.26. The number of fused-ring (bicyclic) bond motifs is 1. The van der Waals surface area contributed by atoms with Crippen molar-refractivity contribution in [1.82, 2.24) is 5.48 Å². The molecule has 21 heavy (non-hydrogen) atoms.